The van der Waals surface area contributed by atoms with Crippen molar-refractivity contribution in [1.82, 2.24) is 0 Å². The Kier molecular flexibility index (Phi) is 3.89. The first-order valence-electron chi connectivity index (χ1n) is 4.27. The molecule has 1 unspecified atom stereocenters. The van der Waals surface area contributed by atoms with Crippen LogP contribution < -0.4 is 4.90 Å². The number of alkyl halides is 1. The summed E-state index contributed by atoms with van der Waals surface area (Å²) in [5.41, 5.74) is 1.44. The second-order valence-electron chi connectivity index (χ2n) is 3.27. The Balaban J connectivity index is 3.14. The molecular formula is C10H13BrFNO. The van der Waals surface area contributed by atoms with Gasteiger partial charge in [-0.05, 0) is 12.1 Å². The van der Waals surface area contributed by atoms with Gasteiger partial charge in [0, 0.05) is 30.7 Å². The highest BCUT2D eigenvalue weighted by molar-refractivity contribution is 9.09. The fraction of sp³-hybridized carbons (Fsp3) is 0.400. The Morgan fingerprint density at radius 1 is 1.50 bits per heavy atom. The summed E-state index contributed by atoms with van der Waals surface area (Å²) >= 11 is 3.19. The lowest BCUT2D eigenvalue weighted by molar-refractivity contribution is 0.206. The number of aliphatic hydroxyl groups excluding tert-OH is 1. The number of halogens is 2. The van der Waals surface area contributed by atoms with Gasteiger partial charge in [0.25, 0.3) is 0 Å². The molecule has 0 aliphatic rings. The number of hydrogen-bond donors (Lipinski definition) is 1. The SMILES string of the molecule is CN(C)c1cc(F)ccc1C(O)CBr. The van der Waals surface area contributed by atoms with E-state index in [0.717, 1.165) is 5.56 Å². The maximum absolute atomic E-state index is 13.0. The number of rotatable bonds is 3. The summed E-state index contributed by atoms with van der Waals surface area (Å²) in [6.45, 7) is 0. The van der Waals surface area contributed by atoms with Gasteiger partial charge in [-0.25, -0.2) is 4.39 Å². The van der Waals surface area contributed by atoms with E-state index >= 15 is 0 Å². The molecular weight excluding hydrogens is 249 g/mol. The molecule has 0 amide bonds. The molecule has 1 aromatic rings. The minimum absolute atomic E-state index is 0.292. The second kappa shape index (κ2) is 4.75. The molecule has 14 heavy (non-hydrogen) atoms. The van der Waals surface area contributed by atoms with Crippen molar-refractivity contribution < 1.29 is 9.50 Å². The van der Waals surface area contributed by atoms with Gasteiger partial charge in [-0.3, -0.25) is 0 Å². The van der Waals surface area contributed by atoms with E-state index in [9.17, 15) is 9.50 Å². The maximum atomic E-state index is 13.0. The fourth-order valence-electron chi connectivity index (χ4n) is 1.27. The van der Waals surface area contributed by atoms with Crippen molar-refractivity contribution in [2.75, 3.05) is 24.3 Å². The number of anilines is 1. The minimum atomic E-state index is -0.604. The average molecular weight is 262 g/mol. The largest absolute Gasteiger partial charge is 0.387 e. The van der Waals surface area contributed by atoms with Gasteiger partial charge >= 0.3 is 0 Å². The second-order valence-corrected chi connectivity index (χ2v) is 3.92. The molecule has 0 saturated heterocycles. The third-order valence-corrected chi connectivity index (χ3v) is 2.59. The van der Waals surface area contributed by atoms with Gasteiger partial charge in [0.1, 0.15) is 5.82 Å². The number of hydrogen-bond acceptors (Lipinski definition) is 2. The van der Waals surface area contributed by atoms with Crippen molar-refractivity contribution >= 4 is 21.6 Å². The van der Waals surface area contributed by atoms with Crippen molar-refractivity contribution in [2.45, 2.75) is 6.10 Å². The van der Waals surface area contributed by atoms with Gasteiger partial charge in [-0.15, -0.1) is 0 Å². The van der Waals surface area contributed by atoms with Crippen LogP contribution in [0, 0.1) is 5.82 Å². The lowest BCUT2D eigenvalue weighted by Crippen LogP contribution is -2.14. The lowest BCUT2D eigenvalue weighted by Gasteiger charge is -2.19. The Hall–Kier alpha value is -0.610. The first-order valence-corrected chi connectivity index (χ1v) is 5.39. The number of benzene rings is 1. The van der Waals surface area contributed by atoms with Gasteiger partial charge in [0.2, 0.25) is 0 Å². The normalized spacial score (nSPS) is 12.6. The Morgan fingerprint density at radius 2 is 2.14 bits per heavy atom. The Labute approximate surface area is 91.5 Å². The van der Waals surface area contributed by atoms with E-state index in [-0.39, 0.29) is 5.82 Å². The summed E-state index contributed by atoms with van der Waals surface area (Å²) < 4.78 is 13.0. The number of aliphatic hydroxyl groups is 1. The van der Waals surface area contributed by atoms with E-state index in [1.165, 1.54) is 12.1 Å². The molecule has 4 heteroatoms. The topological polar surface area (TPSA) is 23.5 Å². The highest BCUT2D eigenvalue weighted by Crippen LogP contribution is 2.26. The molecule has 0 aromatic heterocycles. The average Bonchev–Trinajstić information content (AvgIpc) is 2.16. The molecule has 0 aliphatic carbocycles. The van der Waals surface area contributed by atoms with Crippen molar-refractivity contribution in [3.8, 4) is 0 Å². The predicted octanol–water partition coefficient (Wildman–Crippen LogP) is 2.32. The molecule has 0 bridgehead atoms. The zero-order chi connectivity index (χ0) is 10.7. The van der Waals surface area contributed by atoms with Gasteiger partial charge in [-0.2, -0.15) is 0 Å². The van der Waals surface area contributed by atoms with E-state index in [4.69, 9.17) is 0 Å². The summed E-state index contributed by atoms with van der Waals surface area (Å²) in [6.07, 6.45) is -0.604. The zero-order valence-corrected chi connectivity index (χ0v) is 9.75. The molecule has 0 aliphatic heterocycles. The van der Waals surface area contributed by atoms with E-state index in [0.29, 0.717) is 11.0 Å². The minimum Gasteiger partial charge on any atom is -0.387 e. The molecule has 1 N–H and O–H groups in total. The first-order chi connectivity index (χ1) is 6.56. The summed E-state index contributed by atoms with van der Waals surface area (Å²) in [4.78, 5) is 1.78. The highest BCUT2D eigenvalue weighted by atomic mass is 79.9. The van der Waals surface area contributed by atoms with Gasteiger partial charge in [0.15, 0.2) is 0 Å². The van der Waals surface area contributed by atoms with Crippen LogP contribution >= 0.6 is 15.9 Å². The highest BCUT2D eigenvalue weighted by Gasteiger charge is 2.13. The van der Waals surface area contributed by atoms with Gasteiger partial charge < -0.3 is 10.0 Å². The summed E-state index contributed by atoms with van der Waals surface area (Å²) in [6, 6.07) is 4.38. The standard InChI is InChI=1S/C10H13BrFNO/c1-13(2)9-5-7(12)3-4-8(9)10(14)6-11/h3-5,10,14H,6H2,1-2H3. The quantitative estimate of drug-likeness (QED) is 0.845. The summed E-state index contributed by atoms with van der Waals surface area (Å²) in [5, 5.41) is 10.1. The van der Waals surface area contributed by atoms with E-state index in [2.05, 4.69) is 15.9 Å². The molecule has 0 spiro atoms. The molecule has 1 rings (SSSR count). The third kappa shape index (κ3) is 2.45. The smallest absolute Gasteiger partial charge is 0.125 e. The molecule has 0 radical (unpaired) electrons. The lowest BCUT2D eigenvalue weighted by atomic mass is 10.1. The molecule has 1 aromatic carbocycles. The van der Waals surface area contributed by atoms with Crippen LogP contribution in [0.15, 0.2) is 18.2 Å². The zero-order valence-electron chi connectivity index (χ0n) is 8.17. The van der Waals surface area contributed by atoms with Crippen LogP contribution in [0.1, 0.15) is 11.7 Å². The van der Waals surface area contributed by atoms with Crippen molar-refractivity contribution in [3.05, 3.63) is 29.6 Å². The number of nitrogens with zero attached hydrogens (tertiary/aromatic N) is 1. The predicted molar refractivity (Wildman–Crippen MR) is 59.5 cm³/mol. The monoisotopic (exact) mass is 261 g/mol. The molecule has 2 nitrogen and oxygen atoms in total. The molecule has 78 valence electrons. The van der Waals surface area contributed by atoms with Crippen LogP contribution in [0.3, 0.4) is 0 Å². The Morgan fingerprint density at radius 3 is 2.64 bits per heavy atom. The van der Waals surface area contributed by atoms with Crippen molar-refractivity contribution in [1.29, 1.82) is 0 Å². The van der Waals surface area contributed by atoms with Crippen LogP contribution in [0.2, 0.25) is 0 Å². The van der Waals surface area contributed by atoms with Crippen LogP contribution in [0.5, 0.6) is 0 Å². The van der Waals surface area contributed by atoms with E-state index in [1.54, 1.807) is 11.0 Å². The van der Waals surface area contributed by atoms with Gasteiger partial charge in [-0.1, -0.05) is 22.0 Å². The summed E-state index contributed by atoms with van der Waals surface area (Å²) in [5.74, 6) is -0.292. The van der Waals surface area contributed by atoms with Gasteiger partial charge in [0.05, 0.1) is 6.10 Å². The van der Waals surface area contributed by atoms with Crippen molar-refractivity contribution in [3.63, 3.8) is 0 Å². The third-order valence-electron chi connectivity index (χ3n) is 1.98. The van der Waals surface area contributed by atoms with Crippen LogP contribution in [-0.4, -0.2) is 24.5 Å². The van der Waals surface area contributed by atoms with E-state index in [1.807, 2.05) is 14.1 Å². The molecule has 0 saturated carbocycles. The van der Waals surface area contributed by atoms with Crippen molar-refractivity contribution in [2.24, 2.45) is 0 Å². The maximum Gasteiger partial charge on any atom is 0.125 e. The molecule has 0 heterocycles. The van der Waals surface area contributed by atoms with Crippen LogP contribution in [0.4, 0.5) is 10.1 Å². The molecule has 0 fully saturated rings. The Bertz CT molecular complexity index is 317. The van der Waals surface area contributed by atoms with Crippen LogP contribution in [0.25, 0.3) is 0 Å². The first kappa shape index (κ1) is 11.5. The van der Waals surface area contributed by atoms with Crippen LogP contribution in [-0.2, 0) is 0 Å². The van der Waals surface area contributed by atoms with E-state index < -0.39 is 6.10 Å². The summed E-state index contributed by atoms with van der Waals surface area (Å²) in [7, 11) is 3.64. The molecule has 1 atom stereocenters. The fourth-order valence-corrected chi connectivity index (χ4v) is 1.62.